The van der Waals surface area contributed by atoms with Crippen LogP contribution in [0.15, 0.2) is 42.9 Å². The third-order valence-electron chi connectivity index (χ3n) is 5.63. The number of nitrogen functional groups attached to an aromatic ring is 1. The predicted octanol–water partition coefficient (Wildman–Crippen LogP) is 2.24. The standard InChI is InChI=1S/C21H22FN9O/c1-32-16-2-3-19(18(22)9-16)31-21(27-28-29-31)17-8-13(10-25-20(17)23)14-11-26-30(12-14)15-4-6-24-7-5-15/h2-3,8-12,15,24H,4-7H2,1H3,(H2,23,25). The Bertz CT molecular complexity index is 1250. The number of nitrogens with two attached hydrogens (primary N) is 1. The molecule has 0 amide bonds. The van der Waals surface area contributed by atoms with Gasteiger partial charge in [0.05, 0.1) is 24.9 Å². The van der Waals surface area contributed by atoms with E-state index in [-0.39, 0.29) is 17.3 Å². The van der Waals surface area contributed by atoms with Gasteiger partial charge in [-0.25, -0.2) is 9.37 Å². The van der Waals surface area contributed by atoms with E-state index in [1.54, 1.807) is 18.3 Å². The molecule has 11 heteroatoms. The summed E-state index contributed by atoms with van der Waals surface area (Å²) in [4.78, 5) is 4.33. The molecule has 164 valence electrons. The second-order valence-electron chi connectivity index (χ2n) is 7.58. The summed E-state index contributed by atoms with van der Waals surface area (Å²) >= 11 is 0. The zero-order chi connectivity index (χ0) is 22.1. The van der Waals surface area contributed by atoms with Gasteiger partial charge in [-0.1, -0.05) is 0 Å². The Kier molecular flexibility index (Phi) is 5.23. The molecule has 32 heavy (non-hydrogen) atoms. The topological polar surface area (TPSA) is 122 Å². The van der Waals surface area contributed by atoms with Crippen molar-refractivity contribution in [1.82, 2.24) is 40.3 Å². The van der Waals surface area contributed by atoms with Gasteiger partial charge < -0.3 is 15.8 Å². The van der Waals surface area contributed by atoms with Crippen molar-refractivity contribution in [2.45, 2.75) is 18.9 Å². The number of piperidine rings is 1. The molecule has 1 aliphatic heterocycles. The molecule has 1 saturated heterocycles. The zero-order valence-electron chi connectivity index (χ0n) is 17.4. The van der Waals surface area contributed by atoms with Gasteiger partial charge in [-0.3, -0.25) is 4.68 Å². The van der Waals surface area contributed by atoms with Crippen molar-refractivity contribution in [2.75, 3.05) is 25.9 Å². The van der Waals surface area contributed by atoms with Crippen molar-refractivity contribution in [3.05, 3.63) is 48.7 Å². The molecule has 0 saturated carbocycles. The van der Waals surface area contributed by atoms with Crippen LogP contribution in [0.4, 0.5) is 10.2 Å². The van der Waals surface area contributed by atoms with Crippen molar-refractivity contribution >= 4 is 5.82 Å². The fourth-order valence-electron chi connectivity index (χ4n) is 3.87. The first-order valence-electron chi connectivity index (χ1n) is 10.3. The van der Waals surface area contributed by atoms with E-state index in [0.29, 0.717) is 17.4 Å². The third kappa shape index (κ3) is 3.66. The third-order valence-corrected chi connectivity index (χ3v) is 5.63. The van der Waals surface area contributed by atoms with Gasteiger partial charge in [0, 0.05) is 29.6 Å². The number of aromatic nitrogens is 7. The molecular formula is C21H22FN9O. The molecular weight excluding hydrogens is 413 g/mol. The highest BCUT2D eigenvalue weighted by atomic mass is 19.1. The van der Waals surface area contributed by atoms with Crippen molar-refractivity contribution in [3.63, 3.8) is 0 Å². The van der Waals surface area contributed by atoms with E-state index in [0.717, 1.165) is 37.1 Å². The first-order valence-corrected chi connectivity index (χ1v) is 10.3. The maximum absolute atomic E-state index is 14.7. The van der Waals surface area contributed by atoms with Crippen LogP contribution >= 0.6 is 0 Å². The van der Waals surface area contributed by atoms with Crippen molar-refractivity contribution in [1.29, 1.82) is 0 Å². The van der Waals surface area contributed by atoms with Crippen LogP contribution in [0.2, 0.25) is 0 Å². The van der Waals surface area contributed by atoms with Gasteiger partial charge in [0.1, 0.15) is 17.3 Å². The predicted molar refractivity (Wildman–Crippen MR) is 116 cm³/mol. The summed E-state index contributed by atoms with van der Waals surface area (Å²) in [7, 11) is 1.47. The van der Waals surface area contributed by atoms with Gasteiger partial charge >= 0.3 is 0 Å². The largest absolute Gasteiger partial charge is 0.497 e. The van der Waals surface area contributed by atoms with Crippen LogP contribution in [0.3, 0.4) is 0 Å². The van der Waals surface area contributed by atoms with Gasteiger partial charge in [0.2, 0.25) is 0 Å². The molecule has 4 heterocycles. The fraction of sp³-hybridized carbons (Fsp3) is 0.286. The van der Waals surface area contributed by atoms with Crippen molar-refractivity contribution < 1.29 is 9.13 Å². The van der Waals surface area contributed by atoms with E-state index in [1.165, 1.54) is 17.9 Å². The lowest BCUT2D eigenvalue weighted by Gasteiger charge is -2.22. The zero-order valence-corrected chi connectivity index (χ0v) is 17.4. The van der Waals surface area contributed by atoms with E-state index in [9.17, 15) is 4.39 Å². The number of nitrogens with one attached hydrogen (secondary N) is 1. The first-order chi connectivity index (χ1) is 15.6. The van der Waals surface area contributed by atoms with Crippen LogP contribution in [0.5, 0.6) is 5.75 Å². The van der Waals surface area contributed by atoms with Crippen LogP contribution in [-0.2, 0) is 0 Å². The second-order valence-corrected chi connectivity index (χ2v) is 7.58. The maximum Gasteiger partial charge on any atom is 0.190 e. The highest BCUT2D eigenvalue weighted by Crippen LogP contribution is 2.31. The molecule has 0 spiro atoms. The Hall–Kier alpha value is -3.86. The van der Waals surface area contributed by atoms with Crippen LogP contribution in [0.1, 0.15) is 18.9 Å². The number of halogens is 1. The summed E-state index contributed by atoms with van der Waals surface area (Å²) in [5.41, 5.74) is 8.55. The number of hydrogen-bond acceptors (Lipinski definition) is 8. The van der Waals surface area contributed by atoms with Gasteiger partial charge in [0.15, 0.2) is 11.6 Å². The molecule has 0 bridgehead atoms. The monoisotopic (exact) mass is 435 g/mol. The summed E-state index contributed by atoms with van der Waals surface area (Å²) in [6.45, 7) is 1.97. The molecule has 0 unspecified atom stereocenters. The minimum absolute atomic E-state index is 0.175. The highest BCUT2D eigenvalue weighted by molar-refractivity contribution is 5.76. The smallest absolute Gasteiger partial charge is 0.190 e. The molecule has 1 aromatic carbocycles. The number of nitrogens with zero attached hydrogens (tertiary/aromatic N) is 7. The van der Waals surface area contributed by atoms with Crippen LogP contribution in [0.25, 0.3) is 28.2 Å². The fourth-order valence-corrected chi connectivity index (χ4v) is 3.87. The van der Waals surface area contributed by atoms with Gasteiger partial charge in [-0.2, -0.15) is 9.78 Å². The summed E-state index contributed by atoms with van der Waals surface area (Å²) in [6.07, 6.45) is 7.58. The van der Waals surface area contributed by atoms with Crippen LogP contribution in [-0.4, -0.2) is 55.2 Å². The average Bonchev–Trinajstić information content (AvgIpc) is 3.50. The summed E-state index contributed by atoms with van der Waals surface area (Å²) in [5.74, 6) is 0.398. The molecule has 0 radical (unpaired) electrons. The Morgan fingerprint density at radius 2 is 2.00 bits per heavy atom. The van der Waals surface area contributed by atoms with Crippen molar-refractivity contribution in [2.24, 2.45) is 0 Å². The lowest BCUT2D eigenvalue weighted by Crippen LogP contribution is -2.29. The lowest BCUT2D eigenvalue weighted by atomic mass is 10.1. The Morgan fingerprint density at radius 1 is 1.16 bits per heavy atom. The summed E-state index contributed by atoms with van der Waals surface area (Å²) < 4.78 is 23.0. The first kappa shape index (κ1) is 20.1. The normalized spacial score (nSPS) is 14.6. The van der Waals surface area contributed by atoms with Gasteiger partial charge in [-0.05, 0) is 54.6 Å². The number of ether oxygens (including phenoxy) is 1. The summed E-state index contributed by atoms with van der Waals surface area (Å²) in [5, 5.41) is 19.7. The molecule has 0 aliphatic carbocycles. The molecule has 3 aromatic heterocycles. The molecule has 10 nitrogen and oxygen atoms in total. The van der Waals surface area contributed by atoms with Crippen LogP contribution in [0, 0.1) is 5.82 Å². The maximum atomic E-state index is 14.7. The minimum Gasteiger partial charge on any atom is -0.497 e. The van der Waals surface area contributed by atoms with E-state index >= 15 is 0 Å². The van der Waals surface area contributed by atoms with Crippen LogP contribution < -0.4 is 15.8 Å². The second kappa shape index (κ2) is 8.35. The van der Waals surface area contributed by atoms with Crippen molar-refractivity contribution in [3.8, 4) is 34.0 Å². The lowest BCUT2D eigenvalue weighted by molar-refractivity contribution is 0.343. The molecule has 1 fully saturated rings. The minimum atomic E-state index is -0.524. The number of pyridine rings is 1. The highest BCUT2D eigenvalue weighted by Gasteiger charge is 2.20. The molecule has 1 aliphatic rings. The number of tetrazole rings is 1. The average molecular weight is 435 g/mol. The van der Waals surface area contributed by atoms with E-state index < -0.39 is 5.82 Å². The molecule has 0 atom stereocenters. The molecule has 3 N–H and O–H groups in total. The number of methoxy groups -OCH3 is 1. The van der Waals surface area contributed by atoms with Gasteiger partial charge in [-0.15, -0.1) is 5.10 Å². The summed E-state index contributed by atoms with van der Waals surface area (Å²) in [6, 6.07) is 6.67. The number of hydrogen-bond donors (Lipinski definition) is 2. The van der Waals surface area contributed by atoms with E-state index in [1.807, 2.05) is 23.1 Å². The number of benzene rings is 1. The SMILES string of the molecule is COc1ccc(-n2nnnc2-c2cc(-c3cnn(C4CCNCC4)c3)cnc2N)c(F)c1. The van der Waals surface area contributed by atoms with E-state index in [2.05, 4.69) is 30.9 Å². The molecule has 4 aromatic rings. The van der Waals surface area contributed by atoms with E-state index in [4.69, 9.17) is 10.5 Å². The quantitative estimate of drug-likeness (QED) is 0.490. The number of rotatable bonds is 5. The molecule has 5 rings (SSSR count). The van der Waals surface area contributed by atoms with Gasteiger partial charge in [0.25, 0.3) is 0 Å². The number of anilines is 1. The Balaban J connectivity index is 1.51. The Labute approximate surface area is 183 Å². The Morgan fingerprint density at radius 3 is 2.78 bits per heavy atom.